The van der Waals surface area contributed by atoms with Gasteiger partial charge in [-0.2, -0.15) is 0 Å². The van der Waals surface area contributed by atoms with Gasteiger partial charge in [-0.1, -0.05) is 17.7 Å². The van der Waals surface area contributed by atoms with Crippen LogP contribution in [0.4, 0.5) is 15.2 Å². The summed E-state index contributed by atoms with van der Waals surface area (Å²) in [4.78, 5) is 40.0. The molecule has 210 valence electrons. The van der Waals surface area contributed by atoms with Crippen LogP contribution in [0.25, 0.3) is 11.1 Å². The quantitative estimate of drug-likeness (QED) is 0.295. The van der Waals surface area contributed by atoms with Gasteiger partial charge in [0.1, 0.15) is 5.82 Å². The molecule has 4 aromatic rings. The fourth-order valence-corrected chi connectivity index (χ4v) is 7.07. The molecule has 8 nitrogen and oxygen atoms in total. The van der Waals surface area contributed by atoms with Gasteiger partial charge in [0.15, 0.2) is 11.2 Å². The number of hydrogen-bond acceptors (Lipinski definition) is 6. The lowest BCUT2D eigenvalue weighted by atomic mass is 9.99. The molecule has 1 atom stereocenters. The molecule has 2 amide bonds. The van der Waals surface area contributed by atoms with E-state index in [9.17, 15) is 9.59 Å². The van der Waals surface area contributed by atoms with Crippen molar-refractivity contribution in [1.82, 2.24) is 19.4 Å². The fraction of sp³-hybridized carbons (Fsp3) is 0.333. The highest BCUT2D eigenvalue weighted by molar-refractivity contribution is 7.13. The highest BCUT2D eigenvalue weighted by Gasteiger charge is 2.42. The number of nitrogens with zero attached hydrogens (tertiary/aromatic N) is 5. The lowest BCUT2D eigenvalue weighted by Gasteiger charge is -2.29. The number of benzene rings is 2. The summed E-state index contributed by atoms with van der Waals surface area (Å²) in [5.41, 5.74) is 4.25. The first-order valence-corrected chi connectivity index (χ1v) is 15.2. The molecular formula is C30H28ClFN6O2S. The van der Waals surface area contributed by atoms with Gasteiger partial charge in [0.2, 0.25) is 0 Å². The van der Waals surface area contributed by atoms with Crippen LogP contribution in [0.1, 0.15) is 59.0 Å². The van der Waals surface area contributed by atoms with E-state index in [0.29, 0.717) is 21.4 Å². The SMILES string of the molecule is O=C(Nc1nccs1)C(c1ncn2c1CCC2)N1Cc2c(F)cc(-c3ccc(N4CCCCC4)c(Cl)c3)cc2C1=O. The molecule has 3 aliphatic rings. The number of amides is 2. The van der Waals surface area contributed by atoms with Crippen molar-refractivity contribution in [3.8, 4) is 11.1 Å². The summed E-state index contributed by atoms with van der Waals surface area (Å²) >= 11 is 7.98. The second-order valence-electron chi connectivity index (χ2n) is 10.7. The van der Waals surface area contributed by atoms with Crippen LogP contribution in [0.5, 0.6) is 0 Å². The number of hydrogen-bond donors (Lipinski definition) is 1. The van der Waals surface area contributed by atoms with E-state index >= 15 is 4.39 Å². The summed E-state index contributed by atoms with van der Waals surface area (Å²) in [7, 11) is 0. The third kappa shape index (κ3) is 4.68. The summed E-state index contributed by atoms with van der Waals surface area (Å²) in [6, 6.07) is 7.87. The Hall–Kier alpha value is -3.76. The standard InChI is InChI=1S/C30H28ClFN6O2S/c31-22-14-18(6-7-24(22)36-9-2-1-3-10-36)19-13-20-21(23(32)15-19)16-38(29(20)40)27(28(39)35-30-33-8-12-41-30)26-25-5-4-11-37(25)17-34-26/h6-8,12-15,17,27H,1-5,9-11,16H2,(H,33,35,39). The summed E-state index contributed by atoms with van der Waals surface area (Å²) in [5.74, 6) is -1.32. The predicted octanol–water partition coefficient (Wildman–Crippen LogP) is 6.07. The number of imidazole rings is 1. The van der Waals surface area contributed by atoms with Gasteiger partial charge in [-0.15, -0.1) is 11.3 Å². The molecule has 1 N–H and O–H groups in total. The normalized spacial score (nSPS) is 17.1. The maximum atomic E-state index is 15.6. The van der Waals surface area contributed by atoms with Crippen LogP contribution < -0.4 is 10.2 Å². The predicted molar refractivity (Wildman–Crippen MR) is 157 cm³/mol. The van der Waals surface area contributed by atoms with E-state index in [1.165, 1.54) is 28.7 Å². The summed E-state index contributed by atoms with van der Waals surface area (Å²) in [6.07, 6.45) is 8.51. The van der Waals surface area contributed by atoms with Crippen LogP contribution in [-0.4, -0.2) is 44.3 Å². The first-order chi connectivity index (χ1) is 20.0. The average molecular weight is 591 g/mol. The number of carbonyl (C=O) groups is 2. The molecule has 1 saturated heterocycles. The number of rotatable bonds is 6. The molecule has 5 heterocycles. The van der Waals surface area contributed by atoms with E-state index in [-0.39, 0.29) is 17.7 Å². The van der Waals surface area contributed by atoms with Gasteiger partial charge >= 0.3 is 0 Å². The molecule has 41 heavy (non-hydrogen) atoms. The van der Waals surface area contributed by atoms with Gasteiger partial charge in [0.05, 0.1) is 29.3 Å². The zero-order chi connectivity index (χ0) is 28.1. The third-order valence-corrected chi connectivity index (χ3v) is 9.26. The number of fused-ring (bicyclic) bond motifs is 2. The van der Waals surface area contributed by atoms with Gasteiger partial charge < -0.3 is 14.4 Å². The highest BCUT2D eigenvalue weighted by atomic mass is 35.5. The Morgan fingerprint density at radius 3 is 2.68 bits per heavy atom. The maximum Gasteiger partial charge on any atom is 0.255 e. The average Bonchev–Trinajstić information content (AvgIpc) is 3.77. The number of piperidine rings is 1. The van der Waals surface area contributed by atoms with Crippen molar-refractivity contribution in [2.75, 3.05) is 23.3 Å². The van der Waals surface area contributed by atoms with Crippen LogP contribution >= 0.6 is 22.9 Å². The number of aromatic nitrogens is 3. The molecule has 1 unspecified atom stereocenters. The minimum atomic E-state index is -1.02. The molecule has 0 radical (unpaired) electrons. The van der Waals surface area contributed by atoms with Gasteiger partial charge in [-0.3, -0.25) is 14.9 Å². The molecule has 3 aliphatic heterocycles. The van der Waals surface area contributed by atoms with E-state index in [4.69, 9.17) is 11.6 Å². The number of aryl methyl sites for hydroxylation is 1. The van der Waals surface area contributed by atoms with E-state index in [2.05, 4.69) is 20.2 Å². The van der Waals surface area contributed by atoms with Crippen LogP contribution in [0.2, 0.25) is 5.02 Å². The van der Waals surface area contributed by atoms with Crippen molar-refractivity contribution in [2.45, 2.75) is 51.2 Å². The second-order valence-corrected chi connectivity index (χ2v) is 12.0. The number of carbonyl (C=O) groups excluding carboxylic acids is 2. The zero-order valence-corrected chi connectivity index (χ0v) is 23.8. The largest absolute Gasteiger partial charge is 0.370 e. The van der Waals surface area contributed by atoms with Crippen LogP contribution in [-0.2, 0) is 24.3 Å². The van der Waals surface area contributed by atoms with Crippen molar-refractivity contribution >= 4 is 45.6 Å². The van der Waals surface area contributed by atoms with Crippen molar-refractivity contribution in [3.05, 3.63) is 81.6 Å². The van der Waals surface area contributed by atoms with E-state index in [1.54, 1.807) is 24.0 Å². The van der Waals surface area contributed by atoms with E-state index in [0.717, 1.165) is 62.3 Å². The molecule has 7 rings (SSSR count). The van der Waals surface area contributed by atoms with E-state index < -0.39 is 23.7 Å². The van der Waals surface area contributed by atoms with Crippen LogP contribution in [0, 0.1) is 5.82 Å². The lowest BCUT2D eigenvalue weighted by molar-refractivity contribution is -0.121. The lowest BCUT2D eigenvalue weighted by Crippen LogP contribution is -2.38. The van der Waals surface area contributed by atoms with Gasteiger partial charge in [0, 0.05) is 48.0 Å². The number of halogens is 2. The zero-order valence-electron chi connectivity index (χ0n) is 22.3. The summed E-state index contributed by atoms with van der Waals surface area (Å²) in [5, 5.41) is 5.62. The number of anilines is 2. The van der Waals surface area contributed by atoms with Crippen molar-refractivity contribution in [3.63, 3.8) is 0 Å². The topological polar surface area (TPSA) is 83.4 Å². The first-order valence-electron chi connectivity index (χ1n) is 13.9. The Morgan fingerprint density at radius 2 is 1.90 bits per heavy atom. The van der Waals surface area contributed by atoms with E-state index in [1.807, 2.05) is 22.8 Å². The second kappa shape index (κ2) is 10.6. The van der Waals surface area contributed by atoms with Gasteiger partial charge in [-0.05, 0) is 67.5 Å². The molecule has 0 bridgehead atoms. The third-order valence-electron chi connectivity index (χ3n) is 8.27. The van der Waals surface area contributed by atoms with Gasteiger partial charge in [-0.25, -0.2) is 14.4 Å². The van der Waals surface area contributed by atoms with Crippen molar-refractivity contribution in [2.24, 2.45) is 0 Å². The maximum absolute atomic E-state index is 15.6. The molecular weight excluding hydrogens is 563 g/mol. The molecule has 2 aromatic heterocycles. The number of nitrogens with one attached hydrogen (secondary N) is 1. The minimum absolute atomic E-state index is 0.0306. The van der Waals surface area contributed by atoms with Gasteiger partial charge in [0.25, 0.3) is 11.8 Å². The summed E-state index contributed by atoms with van der Waals surface area (Å²) < 4.78 is 17.7. The monoisotopic (exact) mass is 590 g/mol. The van der Waals surface area contributed by atoms with Crippen LogP contribution in [0.3, 0.4) is 0 Å². The molecule has 0 saturated carbocycles. The Morgan fingerprint density at radius 1 is 1.05 bits per heavy atom. The van der Waals surface area contributed by atoms with Crippen molar-refractivity contribution < 1.29 is 14.0 Å². The molecule has 2 aromatic carbocycles. The fourth-order valence-electron chi connectivity index (χ4n) is 6.24. The summed E-state index contributed by atoms with van der Waals surface area (Å²) in [6.45, 7) is 2.72. The Bertz CT molecular complexity index is 1650. The smallest absolute Gasteiger partial charge is 0.255 e. The Kier molecular flexibility index (Phi) is 6.75. The minimum Gasteiger partial charge on any atom is -0.370 e. The first kappa shape index (κ1) is 26.2. The molecule has 0 spiro atoms. The number of thiazole rings is 1. The van der Waals surface area contributed by atoms with Crippen LogP contribution in [0.15, 0.2) is 48.2 Å². The molecule has 0 aliphatic carbocycles. The Balaban J connectivity index is 1.22. The highest BCUT2D eigenvalue weighted by Crippen LogP contribution is 2.39. The molecule has 11 heteroatoms. The molecule has 1 fully saturated rings. The van der Waals surface area contributed by atoms with Crippen molar-refractivity contribution in [1.29, 1.82) is 0 Å². The Labute approximate surface area is 245 Å².